The Morgan fingerprint density at radius 3 is 2.18 bits per heavy atom. The fraction of sp³-hybridized carbons (Fsp3) is 0.886. The number of carboxylic acid groups (broad SMARTS) is 1. The molecule has 7 aliphatic rings. The molecule has 1 saturated heterocycles. The lowest BCUT2D eigenvalue weighted by atomic mass is 9.35. The van der Waals surface area contributed by atoms with E-state index in [1.54, 1.807) is 5.57 Å². The lowest BCUT2D eigenvalue weighted by molar-refractivity contribution is -0.193. The molecule has 0 aromatic carbocycles. The van der Waals surface area contributed by atoms with Gasteiger partial charge in [-0.1, -0.05) is 60.5 Å². The molecule has 6 fully saturated rings. The van der Waals surface area contributed by atoms with E-state index in [4.69, 9.17) is 0 Å². The minimum Gasteiger partial charge on any atom is -0.481 e. The van der Waals surface area contributed by atoms with Gasteiger partial charge in [0.25, 0.3) is 0 Å². The Bertz CT molecular complexity index is 1320. The number of carbonyl (C=O) groups excluding carboxylic acids is 2. The molecule has 0 aromatic rings. The van der Waals surface area contributed by atoms with Crippen molar-refractivity contribution in [3.05, 3.63) is 11.1 Å². The Morgan fingerprint density at radius 2 is 1.60 bits per heavy atom. The van der Waals surface area contributed by atoms with Crippen molar-refractivity contribution in [2.24, 2.45) is 74.9 Å². The van der Waals surface area contributed by atoms with Crippen LogP contribution in [0.1, 0.15) is 145 Å². The number of aliphatic carboxylic acids is 1. The van der Waals surface area contributed by atoms with Gasteiger partial charge in [0.1, 0.15) is 5.78 Å². The van der Waals surface area contributed by atoms with Crippen LogP contribution in [0.2, 0.25) is 0 Å². The van der Waals surface area contributed by atoms with Gasteiger partial charge in [0, 0.05) is 24.2 Å². The maximum Gasteiger partial charge on any atom is 0.306 e. The summed E-state index contributed by atoms with van der Waals surface area (Å²) in [6, 6.07) is 0. The molecule has 0 bridgehead atoms. The Morgan fingerprint density at radius 1 is 0.900 bits per heavy atom. The Balaban J connectivity index is 0.000000652. The number of rotatable bonds is 8. The minimum absolute atomic E-state index is 0.0310. The summed E-state index contributed by atoms with van der Waals surface area (Å²) in [5, 5.41) is 16.2. The van der Waals surface area contributed by atoms with Crippen LogP contribution < -0.4 is 10.6 Å². The van der Waals surface area contributed by atoms with Crippen molar-refractivity contribution in [1.29, 1.82) is 0 Å². The largest absolute Gasteiger partial charge is 0.481 e. The maximum atomic E-state index is 13.6. The smallest absolute Gasteiger partial charge is 0.306 e. The Hall–Kier alpha value is -1.53. The van der Waals surface area contributed by atoms with Crippen molar-refractivity contribution in [3.8, 4) is 0 Å². The molecular weight excluding hydrogens is 620 g/mol. The number of hydrogen-bond donors (Lipinski definition) is 3. The summed E-state index contributed by atoms with van der Waals surface area (Å²) >= 11 is 0. The van der Waals surface area contributed by atoms with Crippen LogP contribution >= 0.6 is 0 Å². The standard InChI is InChI=1S/C39H61NO4.C5H11N/c1-22(2)33-30(42)21-39(17-18-40-8)16-12-28-25(34(33)39)9-10-32-37(28,6)15-13-31-36(4,5)24(11-14-38(31,32)7)19-29(41)26-20-27(23(26)3)35(43)44;1-2-4-6-5-3-1/h22-28,31-32,40H,9-21H2,1-8H3,(H,43,44);6H,1-5H2. The molecule has 11 atom stereocenters. The second-order valence-corrected chi connectivity index (χ2v) is 19.9. The molecule has 6 nitrogen and oxygen atoms in total. The molecule has 282 valence electrons. The van der Waals surface area contributed by atoms with Crippen LogP contribution in [-0.4, -0.2) is 49.3 Å². The molecule has 5 saturated carbocycles. The molecule has 50 heavy (non-hydrogen) atoms. The van der Waals surface area contributed by atoms with Crippen LogP contribution in [0.3, 0.4) is 0 Å². The van der Waals surface area contributed by atoms with Gasteiger partial charge in [-0.15, -0.1) is 0 Å². The molecule has 0 spiro atoms. The highest BCUT2D eigenvalue weighted by Crippen LogP contribution is 2.73. The van der Waals surface area contributed by atoms with E-state index in [0.717, 1.165) is 25.8 Å². The zero-order valence-corrected chi connectivity index (χ0v) is 33.1. The van der Waals surface area contributed by atoms with E-state index < -0.39 is 5.97 Å². The third-order valence-electron chi connectivity index (χ3n) is 17.0. The lowest BCUT2D eigenvalue weighted by Crippen LogP contribution is -2.62. The first kappa shape index (κ1) is 38.2. The Kier molecular flexibility index (Phi) is 11.0. The highest BCUT2D eigenvalue weighted by atomic mass is 16.4. The number of nitrogens with one attached hydrogen (secondary N) is 2. The van der Waals surface area contributed by atoms with Gasteiger partial charge >= 0.3 is 5.97 Å². The highest BCUT2D eigenvalue weighted by molar-refractivity contribution is 6.00. The molecule has 11 unspecified atom stereocenters. The molecule has 0 radical (unpaired) electrons. The monoisotopic (exact) mass is 693 g/mol. The molecule has 0 aromatic heterocycles. The van der Waals surface area contributed by atoms with Gasteiger partial charge in [0.15, 0.2) is 5.78 Å². The predicted octanol–water partition coefficient (Wildman–Crippen LogP) is 8.88. The van der Waals surface area contributed by atoms with E-state index in [-0.39, 0.29) is 34.0 Å². The third kappa shape index (κ3) is 6.30. The van der Waals surface area contributed by atoms with E-state index in [9.17, 15) is 19.5 Å². The van der Waals surface area contributed by atoms with Gasteiger partial charge in [-0.2, -0.15) is 0 Å². The summed E-state index contributed by atoms with van der Waals surface area (Å²) in [6.45, 7) is 20.2. The number of carbonyl (C=O) groups is 3. The van der Waals surface area contributed by atoms with E-state index in [1.807, 2.05) is 14.0 Å². The Labute approximate surface area is 304 Å². The molecular formula is C44H72N2O4. The summed E-state index contributed by atoms with van der Waals surface area (Å²) < 4.78 is 0. The second kappa shape index (κ2) is 14.4. The number of ketones is 2. The molecule has 3 N–H and O–H groups in total. The van der Waals surface area contributed by atoms with Crippen LogP contribution in [0.4, 0.5) is 0 Å². The van der Waals surface area contributed by atoms with Gasteiger partial charge in [-0.25, -0.2) is 0 Å². The quantitative estimate of drug-likeness (QED) is 0.235. The van der Waals surface area contributed by atoms with Crippen molar-refractivity contribution in [1.82, 2.24) is 10.6 Å². The summed E-state index contributed by atoms with van der Waals surface area (Å²) in [7, 11) is 2.05. The normalized spacial score (nSPS) is 43.4. The summed E-state index contributed by atoms with van der Waals surface area (Å²) in [5.41, 5.74) is 3.57. The zero-order chi connectivity index (χ0) is 36.2. The van der Waals surface area contributed by atoms with E-state index >= 15 is 0 Å². The number of piperidine rings is 1. The van der Waals surface area contributed by atoms with Gasteiger partial charge in [-0.05, 0) is 167 Å². The van der Waals surface area contributed by atoms with E-state index in [0.29, 0.717) is 65.3 Å². The topological polar surface area (TPSA) is 95.5 Å². The molecule has 1 heterocycles. The van der Waals surface area contributed by atoms with Crippen LogP contribution in [0.5, 0.6) is 0 Å². The average Bonchev–Trinajstić information content (AvgIpc) is 3.37. The number of allylic oxidation sites excluding steroid dienone is 2. The van der Waals surface area contributed by atoms with Crippen LogP contribution in [0.15, 0.2) is 11.1 Å². The predicted molar refractivity (Wildman–Crippen MR) is 202 cm³/mol. The van der Waals surface area contributed by atoms with Crippen LogP contribution in [0.25, 0.3) is 0 Å². The van der Waals surface area contributed by atoms with Gasteiger partial charge < -0.3 is 15.7 Å². The number of hydrogen-bond acceptors (Lipinski definition) is 5. The van der Waals surface area contributed by atoms with Crippen LogP contribution in [0, 0.1) is 74.9 Å². The number of Topliss-reactive ketones (excluding diaryl/α,β-unsaturated/α-hetero) is 2. The van der Waals surface area contributed by atoms with E-state index in [2.05, 4.69) is 52.2 Å². The lowest BCUT2D eigenvalue weighted by Gasteiger charge is -2.69. The minimum atomic E-state index is -0.742. The first-order valence-electron chi connectivity index (χ1n) is 21.0. The average molecular weight is 693 g/mol. The van der Waals surface area contributed by atoms with E-state index in [1.165, 1.54) is 82.9 Å². The van der Waals surface area contributed by atoms with Crippen LogP contribution in [-0.2, 0) is 14.4 Å². The molecule has 0 amide bonds. The maximum absolute atomic E-state index is 13.6. The van der Waals surface area contributed by atoms with Gasteiger partial charge in [-0.3, -0.25) is 14.4 Å². The molecule has 1 aliphatic heterocycles. The van der Waals surface area contributed by atoms with Crippen molar-refractivity contribution in [2.45, 2.75) is 145 Å². The SMILES string of the molecule is C1CCNCC1.CNCCC12CCC3C(CCC4C3(C)CCC3C(C)(C)C(CC(=O)C5CC(C(=O)O)C5C)CCC34C)C1=C(C(C)C)C(=O)C2. The first-order chi connectivity index (χ1) is 23.6. The fourth-order valence-corrected chi connectivity index (χ4v) is 14.3. The number of carboxylic acids is 1. The summed E-state index contributed by atoms with van der Waals surface area (Å²) in [6.07, 6.45) is 17.0. The summed E-state index contributed by atoms with van der Waals surface area (Å²) in [5.74, 6) is 2.81. The van der Waals surface area contributed by atoms with Crippen molar-refractivity contribution < 1.29 is 19.5 Å². The molecule has 6 aliphatic carbocycles. The zero-order valence-electron chi connectivity index (χ0n) is 33.1. The van der Waals surface area contributed by atoms with Crippen molar-refractivity contribution >= 4 is 17.5 Å². The third-order valence-corrected chi connectivity index (χ3v) is 17.0. The highest BCUT2D eigenvalue weighted by Gasteiger charge is 2.66. The van der Waals surface area contributed by atoms with Crippen molar-refractivity contribution in [3.63, 3.8) is 0 Å². The fourth-order valence-electron chi connectivity index (χ4n) is 14.3. The molecule has 7 rings (SSSR count). The van der Waals surface area contributed by atoms with Gasteiger partial charge in [0.05, 0.1) is 5.92 Å². The van der Waals surface area contributed by atoms with Gasteiger partial charge in [0.2, 0.25) is 0 Å². The molecule has 6 heteroatoms. The van der Waals surface area contributed by atoms with Crippen molar-refractivity contribution in [2.75, 3.05) is 26.7 Å². The first-order valence-corrected chi connectivity index (χ1v) is 21.0. The number of fused-ring (bicyclic) bond motifs is 7. The second-order valence-electron chi connectivity index (χ2n) is 19.9. The summed E-state index contributed by atoms with van der Waals surface area (Å²) in [4.78, 5) is 38.6.